The summed E-state index contributed by atoms with van der Waals surface area (Å²) in [6, 6.07) is 2.48. The van der Waals surface area contributed by atoms with Crippen LogP contribution in [-0.2, 0) is 5.41 Å². The first-order chi connectivity index (χ1) is 11.9. The van der Waals surface area contributed by atoms with E-state index in [1.54, 1.807) is 11.6 Å². The summed E-state index contributed by atoms with van der Waals surface area (Å²) in [6.07, 6.45) is 1.86. The van der Waals surface area contributed by atoms with Gasteiger partial charge in [0, 0.05) is 5.41 Å². The highest BCUT2D eigenvalue weighted by Crippen LogP contribution is 2.41. The van der Waals surface area contributed by atoms with Gasteiger partial charge < -0.3 is 20.8 Å². The van der Waals surface area contributed by atoms with Crippen LogP contribution in [0.4, 0.5) is 4.39 Å². The quantitative estimate of drug-likeness (QED) is 0.673. The van der Waals surface area contributed by atoms with E-state index >= 15 is 0 Å². The predicted molar refractivity (Wildman–Crippen MR) is 91.5 cm³/mol. The molecule has 1 aliphatic heterocycles. The van der Waals surface area contributed by atoms with Crippen LogP contribution in [0.2, 0.25) is 0 Å². The van der Waals surface area contributed by atoms with E-state index in [4.69, 9.17) is 10.5 Å². The summed E-state index contributed by atoms with van der Waals surface area (Å²) in [4.78, 5) is 15.0. The molecule has 1 aromatic carbocycles. The molecule has 2 aromatic heterocycles. The number of carbonyl (C=O) groups is 1. The maximum atomic E-state index is 13.9. The van der Waals surface area contributed by atoms with Gasteiger partial charge >= 0.3 is 0 Å². The molecule has 0 radical (unpaired) electrons. The number of aromatic amines is 1. The van der Waals surface area contributed by atoms with Crippen molar-refractivity contribution in [2.75, 3.05) is 20.2 Å². The zero-order valence-corrected chi connectivity index (χ0v) is 14.1. The third-order valence-electron chi connectivity index (χ3n) is 5.16. The molecule has 1 fully saturated rings. The number of nitrogens with one attached hydrogen (secondary N) is 2. The first-order valence-electron chi connectivity index (χ1n) is 8.23. The molecule has 0 spiro atoms. The monoisotopic (exact) mass is 345 g/mol. The van der Waals surface area contributed by atoms with Crippen LogP contribution in [0.3, 0.4) is 0 Å². The lowest BCUT2D eigenvalue weighted by atomic mass is 9.76. The molecular weight excluding hydrogens is 325 g/mol. The summed E-state index contributed by atoms with van der Waals surface area (Å²) >= 11 is 0. The Morgan fingerprint density at radius 2 is 2.12 bits per heavy atom. The number of nitrogens with two attached hydrogens (primary N) is 1. The SMILES string of the molecule is COc1nn2c([nH]c3cc(F)cc(C(N)=O)c32)c1C1(C)CCNCC1. The van der Waals surface area contributed by atoms with Crippen molar-refractivity contribution < 1.29 is 13.9 Å². The summed E-state index contributed by atoms with van der Waals surface area (Å²) < 4.78 is 21.0. The van der Waals surface area contributed by atoms with E-state index in [1.807, 2.05) is 0 Å². The number of imidazole rings is 1. The highest BCUT2D eigenvalue weighted by molar-refractivity contribution is 6.05. The molecule has 1 aliphatic rings. The predicted octanol–water partition coefficient (Wildman–Crippen LogP) is 1.70. The van der Waals surface area contributed by atoms with Gasteiger partial charge in [-0.05, 0) is 38.1 Å². The highest BCUT2D eigenvalue weighted by atomic mass is 19.1. The molecule has 3 aromatic rings. The molecule has 8 heteroatoms. The fraction of sp³-hybridized carbons (Fsp3) is 0.412. The number of aromatic nitrogens is 3. The van der Waals surface area contributed by atoms with Crippen LogP contribution in [0.15, 0.2) is 12.1 Å². The number of benzene rings is 1. The number of fused-ring (bicyclic) bond motifs is 3. The van der Waals surface area contributed by atoms with Crippen LogP contribution in [0.1, 0.15) is 35.7 Å². The van der Waals surface area contributed by atoms with Crippen LogP contribution >= 0.6 is 0 Å². The molecule has 0 atom stereocenters. The van der Waals surface area contributed by atoms with Gasteiger partial charge in [0.15, 0.2) is 0 Å². The largest absolute Gasteiger partial charge is 0.480 e. The van der Waals surface area contributed by atoms with Crippen molar-refractivity contribution in [1.82, 2.24) is 19.9 Å². The minimum Gasteiger partial charge on any atom is -0.480 e. The van der Waals surface area contributed by atoms with Crippen LogP contribution in [0.25, 0.3) is 16.7 Å². The van der Waals surface area contributed by atoms with E-state index in [0.717, 1.165) is 37.6 Å². The molecule has 7 nitrogen and oxygen atoms in total. The lowest BCUT2D eigenvalue weighted by Crippen LogP contribution is -2.37. The molecule has 1 amide bonds. The zero-order chi connectivity index (χ0) is 17.8. The second-order valence-corrected chi connectivity index (χ2v) is 6.79. The van der Waals surface area contributed by atoms with Gasteiger partial charge in [0.2, 0.25) is 5.88 Å². The van der Waals surface area contributed by atoms with Gasteiger partial charge in [-0.25, -0.2) is 8.91 Å². The van der Waals surface area contributed by atoms with Gasteiger partial charge in [0.05, 0.1) is 23.8 Å². The lowest BCUT2D eigenvalue weighted by Gasteiger charge is -2.33. The Labute approximate surface area is 143 Å². The smallest absolute Gasteiger partial charge is 0.251 e. The van der Waals surface area contributed by atoms with Crippen molar-refractivity contribution in [3.8, 4) is 5.88 Å². The summed E-state index contributed by atoms with van der Waals surface area (Å²) in [6.45, 7) is 3.98. The normalized spacial score (nSPS) is 17.2. The van der Waals surface area contributed by atoms with E-state index in [-0.39, 0.29) is 11.0 Å². The van der Waals surface area contributed by atoms with Crippen molar-refractivity contribution in [2.24, 2.45) is 5.73 Å². The number of hydrogen-bond donors (Lipinski definition) is 3. The number of methoxy groups -OCH3 is 1. The molecule has 0 unspecified atom stereocenters. The van der Waals surface area contributed by atoms with Gasteiger partial charge in [-0.2, -0.15) is 0 Å². The number of nitrogens with zero attached hydrogens (tertiary/aromatic N) is 2. The van der Waals surface area contributed by atoms with Crippen LogP contribution in [0.5, 0.6) is 5.88 Å². The van der Waals surface area contributed by atoms with E-state index in [0.29, 0.717) is 22.6 Å². The van der Waals surface area contributed by atoms with Crippen molar-refractivity contribution >= 4 is 22.6 Å². The molecular formula is C17H20FN5O2. The number of amides is 1. The first-order valence-corrected chi connectivity index (χ1v) is 8.23. The van der Waals surface area contributed by atoms with E-state index in [9.17, 15) is 9.18 Å². The van der Waals surface area contributed by atoms with E-state index in [2.05, 4.69) is 22.3 Å². The van der Waals surface area contributed by atoms with Crippen molar-refractivity contribution in [1.29, 1.82) is 0 Å². The maximum absolute atomic E-state index is 13.9. The molecule has 0 saturated carbocycles. The van der Waals surface area contributed by atoms with Crippen LogP contribution < -0.4 is 15.8 Å². The molecule has 3 heterocycles. The van der Waals surface area contributed by atoms with Gasteiger partial charge in [-0.3, -0.25) is 4.79 Å². The van der Waals surface area contributed by atoms with Gasteiger partial charge in [-0.1, -0.05) is 6.92 Å². The number of carbonyl (C=O) groups excluding carboxylic acids is 1. The Morgan fingerprint density at radius 1 is 1.40 bits per heavy atom. The Hall–Kier alpha value is -2.61. The van der Waals surface area contributed by atoms with Crippen LogP contribution in [0, 0.1) is 5.82 Å². The lowest BCUT2D eigenvalue weighted by molar-refractivity contribution is 0.100. The standard InChI is InChI=1S/C17H20FN5O2/c1-17(3-5-20-6-4-17)12-15-21-11-8-9(18)7-10(14(19)24)13(11)23(15)22-16(12)25-2/h7-8,20-21H,3-6H2,1-2H3,(H2,19,24). The Morgan fingerprint density at radius 3 is 2.76 bits per heavy atom. The highest BCUT2D eigenvalue weighted by Gasteiger charge is 2.36. The average molecular weight is 345 g/mol. The number of piperidine rings is 1. The number of rotatable bonds is 3. The maximum Gasteiger partial charge on any atom is 0.251 e. The minimum atomic E-state index is -0.700. The molecule has 0 bridgehead atoms. The van der Waals surface area contributed by atoms with Gasteiger partial charge in [0.25, 0.3) is 5.91 Å². The Balaban J connectivity index is 2.07. The topological polar surface area (TPSA) is 97.4 Å². The van der Waals surface area contributed by atoms with Crippen LogP contribution in [-0.4, -0.2) is 40.7 Å². The Kier molecular flexibility index (Phi) is 3.47. The number of hydrogen-bond acceptors (Lipinski definition) is 4. The van der Waals surface area contributed by atoms with Gasteiger partial charge in [0.1, 0.15) is 17.0 Å². The van der Waals surface area contributed by atoms with E-state index in [1.165, 1.54) is 6.07 Å². The molecule has 0 aliphatic carbocycles. The van der Waals surface area contributed by atoms with Crippen molar-refractivity contribution in [3.05, 3.63) is 29.1 Å². The summed E-state index contributed by atoms with van der Waals surface area (Å²) in [5.41, 5.74) is 8.01. The number of halogens is 1. The Bertz CT molecular complexity index is 984. The molecule has 132 valence electrons. The summed E-state index contributed by atoms with van der Waals surface area (Å²) in [7, 11) is 1.58. The third kappa shape index (κ3) is 2.28. The number of primary amides is 1. The summed E-state index contributed by atoms with van der Waals surface area (Å²) in [5, 5.41) is 7.88. The molecule has 1 saturated heterocycles. The fourth-order valence-corrected chi connectivity index (χ4v) is 3.83. The molecule has 25 heavy (non-hydrogen) atoms. The molecule has 4 N–H and O–H groups in total. The fourth-order valence-electron chi connectivity index (χ4n) is 3.83. The minimum absolute atomic E-state index is 0.0911. The third-order valence-corrected chi connectivity index (χ3v) is 5.16. The van der Waals surface area contributed by atoms with E-state index < -0.39 is 11.7 Å². The van der Waals surface area contributed by atoms with Gasteiger partial charge in [-0.15, -0.1) is 5.10 Å². The second kappa shape index (κ2) is 5.45. The zero-order valence-electron chi connectivity index (χ0n) is 14.1. The molecule has 4 rings (SSSR count). The summed E-state index contributed by atoms with van der Waals surface area (Å²) in [5.74, 6) is -0.709. The second-order valence-electron chi connectivity index (χ2n) is 6.79. The number of H-pyrrole nitrogens is 1. The van der Waals surface area contributed by atoms with Crippen molar-refractivity contribution in [2.45, 2.75) is 25.2 Å². The van der Waals surface area contributed by atoms with Crippen molar-refractivity contribution in [3.63, 3.8) is 0 Å². The average Bonchev–Trinajstić information content (AvgIpc) is 3.09. The number of ether oxygens (including phenoxy) is 1. The first kappa shape index (κ1) is 15.9.